The van der Waals surface area contributed by atoms with Crippen LogP contribution in [0, 0.1) is 0 Å². The third kappa shape index (κ3) is 4.29. The van der Waals surface area contributed by atoms with Crippen molar-refractivity contribution in [2.45, 2.75) is 13.3 Å². The van der Waals surface area contributed by atoms with Gasteiger partial charge in [-0.25, -0.2) is 4.99 Å². The molecule has 24 heavy (non-hydrogen) atoms. The third-order valence-corrected chi connectivity index (χ3v) is 4.00. The van der Waals surface area contributed by atoms with Crippen LogP contribution in [0.2, 0.25) is 5.02 Å². The van der Waals surface area contributed by atoms with E-state index in [9.17, 15) is 4.79 Å². The van der Waals surface area contributed by atoms with E-state index in [2.05, 4.69) is 14.9 Å². The fourth-order valence-corrected chi connectivity index (χ4v) is 2.88. The largest absolute Gasteiger partial charge is 0.370 e. The van der Waals surface area contributed by atoms with Gasteiger partial charge in [0.2, 0.25) is 11.9 Å². The molecule has 8 nitrogen and oxygen atoms in total. The zero-order valence-electron chi connectivity index (χ0n) is 13.6. The number of carbonyl (C=O) groups excluding carboxylic acids is 1. The molecule has 0 aromatic heterocycles. The summed E-state index contributed by atoms with van der Waals surface area (Å²) < 4.78 is 0. The summed E-state index contributed by atoms with van der Waals surface area (Å²) in [5.74, 6) is -0.0473. The third-order valence-electron chi connectivity index (χ3n) is 3.70. The summed E-state index contributed by atoms with van der Waals surface area (Å²) in [4.78, 5) is 23.7. The number of halogens is 1. The fraction of sp³-hybridized carbons (Fsp3) is 0.400. The van der Waals surface area contributed by atoms with Crippen molar-refractivity contribution in [2.75, 3.05) is 31.1 Å². The minimum absolute atomic E-state index is 0.0432. The van der Waals surface area contributed by atoms with Gasteiger partial charge in [0.05, 0.1) is 16.4 Å². The van der Waals surface area contributed by atoms with Crippen LogP contribution in [0.15, 0.2) is 28.2 Å². The van der Waals surface area contributed by atoms with Gasteiger partial charge in [0, 0.05) is 32.6 Å². The maximum absolute atomic E-state index is 11.8. The molecule has 0 bridgehead atoms. The standard InChI is InChI=1S/C15H22ClN7O/c1-2-12(24)22-6-8-23(9-7-22)13-10(16)4-3-5-11(13)20-15(19)21-14(17)18/h3-5H,2,6-9H2,1H3,(H6,17,18,19,20,21). The minimum Gasteiger partial charge on any atom is -0.370 e. The van der Waals surface area contributed by atoms with E-state index < -0.39 is 0 Å². The van der Waals surface area contributed by atoms with Crippen LogP contribution in [0.25, 0.3) is 0 Å². The van der Waals surface area contributed by atoms with Crippen molar-refractivity contribution in [3.8, 4) is 0 Å². The molecule has 1 saturated heterocycles. The summed E-state index contributed by atoms with van der Waals surface area (Å²) in [7, 11) is 0. The molecular weight excluding hydrogens is 330 g/mol. The zero-order valence-corrected chi connectivity index (χ0v) is 14.3. The van der Waals surface area contributed by atoms with Gasteiger partial charge in [0.15, 0.2) is 5.96 Å². The molecule has 1 amide bonds. The van der Waals surface area contributed by atoms with E-state index in [4.69, 9.17) is 28.8 Å². The molecule has 1 aliphatic heterocycles. The fourth-order valence-electron chi connectivity index (χ4n) is 2.59. The molecule has 0 aliphatic carbocycles. The van der Waals surface area contributed by atoms with Crippen molar-refractivity contribution >= 4 is 40.8 Å². The summed E-state index contributed by atoms with van der Waals surface area (Å²) >= 11 is 6.36. The highest BCUT2D eigenvalue weighted by molar-refractivity contribution is 6.34. The number of guanidine groups is 2. The molecule has 1 heterocycles. The second-order valence-electron chi connectivity index (χ2n) is 5.34. The van der Waals surface area contributed by atoms with E-state index in [0.29, 0.717) is 43.3 Å². The van der Waals surface area contributed by atoms with Crippen molar-refractivity contribution in [3.63, 3.8) is 0 Å². The number of anilines is 1. The Morgan fingerprint density at radius 1 is 1.21 bits per heavy atom. The Bertz CT molecular complexity index is 662. The molecule has 1 aromatic carbocycles. The van der Waals surface area contributed by atoms with Gasteiger partial charge in [-0.15, -0.1) is 0 Å². The summed E-state index contributed by atoms with van der Waals surface area (Å²) in [5, 5.41) is 0.559. The number of piperazine rings is 1. The molecule has 1 aliphatic rings. The second kappa shape index (κ2) is 7.87. The number of hydrogen-bond acceptors (Lipinski definition) is 3. The van der Waals surface area contributed by atoms with Crippen LogP contribution >= 0.6 is 11.6 Å². The highest BCUT2D eigenvalue weighted by Gasteiger charge is 2.23. The topological polar surface area (TPSA) is 126 Å². The SMILES string of the molecule is CCC(=O)N1CCN(c2c(Cl)cccc2N=C(N)N=C(N)N)CC1. The average Bonchev–Trinajstić information content (AvgIpc) is 2.54. The summed E-state index contributed by atoms with van der Waals surface area (Å²) in [6, 6.07) is 5.36. The van der Waals surface area contributed by atoms with Crippen LogP contribution in [-0.2, 0) is 4.79 Å². The molecule has 1 aromatic rings. The molecule has 0 atom stereocenters. The molecule has 0 radical (unpaired) electrons. The number of hydrogen-bond donors (Lipinski definition) is 3. The van der Waals surface area contributed by atoms with Crippen molar-refractivity contribution in [1.29, 1.82) is 0 Å². The van der Waals surface area contributed by atoms with Crippen molar-refractivity contribution in [3.05, 3.63) is 23.2 Å². The summed E-state index contributed by atoms with van der Waals surface area (Å²) in [6.45, 7) is 4.48. The van der Waals surface area contributed by atoms with E-state index in [0.717, 1.165) is 5.69 Å². The van der Waals surface area contributed by atoms with Gasteiger partial charge in [-0.3, -0.25) is 4.79 Å². The van der Waals surface area contributed by atoms with Crippen LogP contribution in [0.4, 0.5) is 11.4 Å². The number of carbonyl (C=O) groups is 1. The van der Waals surface area contributed by atoms with Crippen LogP contribution in [0.5, 0.6) is 0 Å². The van der Waals surface area contributed by atoms with Crippen molar-refractivity contribution < 1.29 is 4.79 Å². The Labute approximate surface area is 146 Å². The lowest BCUT2D eigenvalue weighted by Crippen LogP contribution is -2.48. The van der Waals surface area contributed by atoms with Crippen LogP contribution in [0.1, 0.15) is 13.3 Å². The van der Waals surface area contributed by atoms with Gasteiger partial charge >= 0.3 is 0 Å². The van der Waals surface area contributed by atoms with Crippen molar-refractivity contribution in [2.24, 2.45) is 27.2 Å². The number of rotatable bonds is 3. The Kier molecular flexibility index (Phi) is 5.86. The number of nitrogens with two attached hydrogens (primary N) is 3. The Balaban J connectivity index is 2.25. The molecule has 1 fully saturated rings. The number of benzene rings is 1. The predicted molar refractivity (Wildman–Crippen MR) is 97.6 cm³/mol. The average molecular weight is 352 g/mol. The maximum atomic E-state index is 11.8. The lowest BCUT2D eigenvalue weighted by Gasteiger charge is -2.36. The van der Waals surface area contributed by atoms with E-state index in [1.165, 1.54) is 0 Å². The van der Waals surface area contributed by atoms with Crippen LogP contribution in [-0.4, -0.2) is 48.9 Å². The van der Waals surface area contributed by atoms with E-state index in [1.54, 1.807) is 18.2 Å². The van der Waals surface area contributed by atoms with E-state index in [1.807, 2.05) is 11.8 Å². The van der Waals surface area contributed by atoms with Gasteiger partial charge in [-0.05, 0) is 12.1 Å². The smallest absolute Gasteiger partial charge is 0.223 e. The Hall–Kier alpha value is -2.48. The predicted octanol–water partition coefficient (Wildman–Crippen LogP) is 0.618. The first-order valence-corrected chi connectivity index (χ1v) is 8.05. The number of amides is 1. The van der Waals surface area contributed by atoms with Crippen LogP contribution < -0.4 is 22.1 Å². The molecule has 9 heteroatoms. The normalized spacial score (nSPS) is 15.3. The maximum Gasteiger partial charge on any atom is 0.223 e. The van der Waals surface area contributed by atoms with Gasteiger partial charge in [-0.2, -0.15) is 4.99 Å². The van der Waals surface area contributed by atoms with Gasteiger partial charge < -0.3 is 27.0 Å². The highest BCUT2D eigenvalue weighted by Crippen LogP contribution is 2.36. The molecule has 130 valence electrons. The van der Waals surface area contributed by atoms with Gasteiger partial charge in [0.25, 0.3) is 0 Å². The quantitative estimate of drug-likeness (QED) is 0.543. The Morgan fingerprint density at radius 2 is 1.88 bits per heavy atom. The molecule has 0 saturated carbocycles. The van der Waals surface area contributed by atoms with Gasteiger partial charge in [0.1, 0.15) is 0 Å². The molecule has 2 rings (SSSR count). The number of nitrogens with zero attached hydrogens (tertiary/aromatic N) is 4. The van der Waals surface area contributed by atoms with E-state index in [-0.39, 0.29) is 17.8 Å². The number of aliphatic imine (C=N–C) groups is 2. The van der Waals surface area contributed by atoms with E-state index >= 15 is 0 Å². The first-order valence-electron chi connectivity index (χ1n) is 7.67. The van der Waals surface area contributed by atoms with Crippen molar-refractivity contribution in [1.82, 2.24) is 4.90 Å². The molecule has 0 spiro atoms. The summed E-state index contributed by atoms with van der Waals surface area (Å²) in [6.07, 6.45) is 0.511. The zero-order chi connectivity index (χ0) is 17.7. The lowest BCUT2D eigenvalue weighted by molar-refractivity contribution is -0.131. The molecular formula is C15H22ClN7O. The first kappa shape index (κ1) is 17.9. The lowest BCUT2D eigenvalue weighted by atomic mass is 10.2. The monoisotopic (exact) mass is 351 g/mol. The summed E-state index contributed by atoms with van der Waals surface area (Å²) in [5.41, 5.74) is 17.7. The second-order valence-corrected chi connectivity index (χ2v) is 5.74. The Morgan fingerprint density at radius 3 is 2.46 bits per heavy atom. The molecule has 0 unspecified atom stereocenters. The molecule has 6 N–H and O–H groups in total. The highest BCUT2D eigenvalue weighted by atomic mass is 35.5. The number of para-hydroxylation sites is 1. The minimum atomic E-state index is -0.161. The van der Waals surface area contributed by atoms with Crippen LogP contribution in [0.3, 0.4) is 0 Å². The van der Waals surface area contributed by atoms with Gasteiger partial charge in [-0.1, -0.05) is 24.6 Å². The first-order chi connectivity index (χ1) is 11.4.